The fraction of sp³-hybridized carbons (Fsp3) is 0.125. The molecule has 0 fully saturated rings. The first-order valence-corrected chi connectivity index (χ1v) is 10.6. The maximum atomic E-state index is 13.4. The number of rotatable bonds is 5. The molecule has 1 aliphatic rings. The summed E-state index contributed by atoms with van der Waals surface area (Å²) in [5, 5.41) is 7.75. The van der Waals surface area contributed by atoms with Gasteiger partial charge in [0.1, 0.15) is 5.70 Å². The number of nitrogens with zero attached hydrogens (tertiary/aromatic N) is 1. The largest absolute Gasteiger partial charge is 0.350 e. The summed E-state index contributed by atoms with van der Waals surface area (Å²) in [6.07, 6.45) is 0. The van der Waals surface area contributed by atoms with Gasteiger partial charge in [0.05, 0.1) is 11.3 Å². The van der Waals surface area contributed by atoms with Gasteiger partial charge in [0.2, 0.25) is 5.91 Å². The summed E-state index contributed by atoms with van der Waals surface area (Å²) in [7, 11) is 0. The lowest BCUT2D eigenvalue weighted by molar-refractivity contribution is -0.120. The molecule has 0 unspecified atom stereocenters. The number of nitrogens with one attached hydrogen (secondary N) is 2. The van der Waals surface area contributed by atoms with Crippen molar-refractivity contribution in [3.63, 3.8) is 0 Å². The fourth-order valence-corrected chi connectivity index (χ4v) is 4.39. The summed E-state index contributed by atoms with van der Waals surface area (Å²) in [4.78, 5) is 39.9. The van der Waals surface area contributed by atoms with E-state index in [1.807, 2.05) is 49.6 Å². The van der Waals surface area contributed by atoms with Gasteiger partial charge < -0.3 is 10.6 Å². The average molecular weight is 432 g/mol. The van der Waals surface area contributed by atoms with Crippen molar-refractivity contribution in [2.24, 2.45) is 0 Å². The minimum absolute atomic E-state index is 0.192. The molecular weight excluding hydrogens is 410 g/mol. The van der Waals surface area contributed by atoms with Gasteiger partial charge in [-0.1, -0.05) is 12.1 Å². The van der Waals surface area contributed by atoms with Gasteiger partial charge in [-0.15, -0.1) is 11.3 Å². The third kappa shape index (κ3) is 4.13. The molecule has 0 aliphatic carbocycles. The molecule has 0 saturated carbocycles. The lowest BCUT2D eigenvalue weighted by atomic mass is 10.1. The number of hydrogen-bond donors (Lipinski definition) is 2. The van der Waals surface area contributed by atoms with Crippen LogP contribution in [0.1, 0.15) is 22.9 Å². The fourth-order valence-electron chi connectivity index (χ4n) is 3.62. The van der Waals surface area contributed by atoms with E-state index in [4.69, 9.17) is 0 Å². The third-order valence-electron chi connectivity index (χ3n) is 4.79. The standard InChI is InChI=1S/C24H21N3O3S/c1-14-11-15(2)13-18(12-14)26-22-21(20-5-4-10-31-20)23(29)27(24(22)30)19-8-6-17(7-9-19)25-16(3)28/h4-13,26H,1-3H3,(H,25,28). The molecule has 2 N–H and O–H groups in total. The van der Waals surface area contributed by atoms with Crippen LogP contribution in [-0.4, -0.2) is 17.7 Å². The molecule has 1 aliphatic heterocycles. The Balaban J connectivity index is 1.73. The van der Waals surface area contributed by atoms with E-state index in [1.54, 1.807) is 24.3 Å². The highest BCUT2D eigenvalue weighted by atomic mass is 32.1. The monoisotopic (exact) mass is 431 g/mol. The van der Waals surface area contributed by atoms with E-state index >= 15 is 0 Å². The maximum absolute atomic E-state index is 13.4. The van der Waals surface area contributed by atoms with E-state index in [0.29, 0.717) is 16.9 Å². The Morgan fingerprint density at radius 1 is 0.903 bits per heavy atom. The van der Waals surface area contributed by atoms with E-state index in [2.05, 4.69) is 10.6 Å². The molecule has 0 spiro atoms. The smallest absolute Gasteiger partial charge is 0.282 e. The van der Waals surface area contributed by atoms with E-state index < -0.39 is 5.91 Å². The van der Waals surface area contributed by atoms with E-state index in [0.717, 1.165) is 26.6 Å². The third-order valence-corrected chi connectivity index (χ3v) is 5.68. The van der Waals surface area contributed by atoms with Crippen LogP contribution in [0, 0.1) is 13.8 Å². The highest BCUT2D eigenvalue weighted by Gasteiger charge is 2.40. The molecule has 3 amide bonds. The van der Waals surface area contributed by atoms with Crippen molar-refractivity contribution < 1.29 is 14.4 Å². The molecule has 7 heteroatoms. The molecule has 3 aromatic rings. The highest BCUT2D eigenvalue weighted by Crippen LogP contribution is 2.36. The lowest BCUT2D eigenvalue weighted by Gasteiger charge is -2.16. The minimum Gasteiger partial charge on any atom is -0.350 e. The summed E-state index contributed by atoms with van der Waals surface area (Å²) in [5.74, 6) is -0.992. The van der Waals surface area contributed by atoms with Gasteiger partial charge in [-0.2, -0.15) is 0 Å². The second-order valence-electron chi connectivity index (χ2n) is 7.40. The maximum Gasteiger partial charge on any atom is 0.282 e. The van der Waals surface area contributed by atoms with Gasteiger partial charge in [-0.3, -0.25) is 14.4 Å². The van der Waals surface area contributed by atoms with Crippen LogP contribution in [0.3, 0.4) is 0 Å². The van der Waals surface area contributed by atoms with Crippen molar-refractivity contribution in [1.29, 1.82) is 0 Å². The van der Waals surface area contributed by atoms with Gasteiger partial charge in [0, 0.05) is 23.2 Å². The number of thiophene rings is 1. The highest BCUT2D eigenvalue weighted by molar-refractivity contribution is 7.11. The molecule has 6 nitrogen and oxygen atoms in total. The van der Waals surface area contributed by atoms with Crippen LogP contribution in [-0.2, 0) is 14.4 Å². The van der Waals surface area contributed by atoms with Gasteiger partial charge >= 0.3 is 0 Å². The van der Waals surface area contributed by atoms with E-state index in [9.17, 15) is 14.4 Å². The van der Waals surface area contributed by atoms with Crippen LogP contribution < -0.4 is 15.5 Å². The molecule has 2 heterocycles. The first-order valence-electron chi connectivity index (χ1n) is 9.73. The first kappa shape index (κ1) is 20.6. The van der Waals surface area contributed by atoms with Crippen molar-refractivity contribution in [2.45, 2.75) is 20.8 Å². The van der Waals surface area contributed by atoms with Crippen molar-refractivity contribution in [3.8, 4) is 0 Å². The zero-order chi connectivity index (χ0) is 22.1. The van der Waals surface area contributed by atoms with Crippen molar-refractivity contribution in [2.75, 3.05) is 15.5 Å². The summed E-state index contributed by atoms with van der Waals surface area (Å²) in [6, 6.07) is 16.2. The van der Waals surface area contributed by atoms with Crippen LogP contribution in [0.25, 0.3) is 5.57 Å². The van der Waals surface area contributed by atoms with Crippen LogP contribution in [0.15, 0.2) is 65.7 Å². The lowest BCUT2D eigenvalue weighted by Crippen LogP contribution is -2.32. The molecular formula is C24H21N3O3S. The van der Waals surface area contributed by atoms with E-state index in [1.165, 1.54) is 18.3 Å². The molecule has 156 valence electrons. The number of carbonyl (C=O) groups excluding carboxylic acids is 3. The van der Waals surface area contributed by atoms with Crippen molar-refractivity contribution in [1.82, 2.24) is 0 Å². The normalized spacial score (nSPS) is 13.7. The Hall–Kier alpha value is -3.71. The van der Waals surface area contributed by atoms with Crippen molar-refractivity contribution >= 4 is 51.7 Å². The molecule has 4 rings (SSSR count). The summed E-state index contributed by atoms with van der Waals surface area (Å²) >= 11 is 1.41. The zero-order valence-electron chi connectivity index (χ0n) is 17.4. The molecule has 0 saturated heterocycles. The van der Waals surface area contributed by atoms with Gasteiger partial charge in [-0.05, 0) is 72.8 Å². The van der Waals surface area contributed by atoms with Crippen LogP contribution in [0.4, 0.5) is 17.1 Å². The van der Waals surface area contributed by atoms with Gasteiger partial charge in [-0.25, -0.2) is 4.90 Å². The average Bonchev–Trinajstić information content (AvgIpc) is 3.29. The number of benzene rings is 2. The predicted octanol–water partition coefficient (Wildman–Crippen LogP) is 4.72. The number of amides is 3. The van der Waals surface area contributed by atoms with Crippen LogP contribution in [0.5, 0.6) is 0 Å². The predicted molar refractivity (Wildman–Crippen MR) is 124 cm³/mol. The number of carbonyl (C=O) groups is 3. The molecule has 31 heavy (non-hydrogen) atoms. The molecule has 0 atom stereocenters. The molecule has 1 aromatic heterocycles. The molecule has 0 bridgehead atoms. The second kappa shape index (κ2) is 8.20. The van der Waals surface area contributed by atoms with Crippen molar-refractivity contribution in [3.05, 3.63) is 81.7 Å². The Morgan fingerprint density at radius 3 is 2.16 bits per heavy atom. The minimum atomic E-state index is -0.417. The number of imide groups is 1. The summed E-state index contributed by atoms with van der Waals surface area (Å²) in [5.41, 5.74) is 4.51. The molecule has 2 aromatic carbocycles. The van der Waals surface area contributed by atoms with Gasteiger partial charge in [0.25, 0.3) is 11.8 Å². The summed E-state index contributed by atoms with van der Waals surface area (Å²) < 4.78 is 0. The second-order valence-corrected chi connectivity index (χ2v) is 8.35. The number of hydrogen-bond acceptors (Lipinski definition) is 5. The summed E-state index contributed by atoms with van der Waals surface area (Å²) in [6.45, 7) is 5.39. The quantitative estimate of drug-likeness (QED) is 0.573. The molecule has 0 radical (unpaired) electrons. The number of aryl methyl sites for hydroxylation is 2. The van der Waals surface area contributed by atoms with E-state index in [-0.39, 0.29) is 17.5 Å². The first-order chi connectivity index (χ1) is 14.8. The van der Waals surface area contributed by atoms with Gasteiger partial charge in [0.15, 0.2) is 0 Å². The number of anilines is 3. The Labute approximate surface area is 184 Å². The Kier molecular flexibility index (Phi) is 5.44. The SMILES string of the molecule is CC(=O)Nc1ccc(N2C(=O)C(Nc3cc(C)cc(C)c3)=C(c3cccs3)C2=O)cc1. The topological polar surface area (TPSA) is 78.5 Å². The van der Waals surface area contributed by atoms with Crippen LogP contribution >= 0.6 is 11.3 Å². The zero-order valence-corrected chi connectivity index (χ0v) is 18.2. The Bertz CT molecular complexity index is 1190. The Morgan fingerprint density at radius 2 is 1.58 bits per heavy atom. The van der Waals surface area contributed by atoms with Crippen LogP contribution in [0.2, 0.25) is 0 Å².